The minimum Gasteiger partial charge on any atom is -0.379 e. The van der Waals surface area contributed by atoms with E-state index in [-0.39, 0.29) is 11.8 Å². The van der Waals surface area contributed by atoms with Crippen LogP contribution in [0.2, 0.25) is 5.15 Å². The van der Waals surface area contributed by atoms with E-state index in [4.69, 9.17) is 16.3 Å². The largest absolute Gasteiger partial charge is 0.379 e. The van der Waals surface area contributed by atoms with Gasteiger partial charge in [0.2, 0.25) is 0 Å². The summed E-state index contributed by atoms with van der Waals surface area (Å²) in [4.78, 5) is 16.2. The molecule has 1 N–H and O–H groups in total. The fraction of sp³-hybridized carbons (Fsp3) is 0.600. The van der Waals surface area contributed by atoms with Crippen LogP contribution in [0, 0.1) is 5.92 Å². The average Bonchev–Trinajstić information content (AvgIpc) is 2.36. The number of hydrogen-bond acceptors (Lipinski definition) is 3. The first-order valence-electron chi connectivity index (χ1n) is 6.93. The summed E-state index contributed by atoms with van der Waals surface area (Å²) in [5.74, 6) is 0.581. The minimum atomic E-state index is -0.149. The lowest BCUT2D eigenvalue weighted by Crippen LogP contribution is -2.27. The Balaban J connectivity index is 2.51. The van der Waals surface area contributed by atoms with Gasteiger partial charge in [0, 0.05) is 24.4 Å². The molecule has 0 saturated heterocycles. The van der Waals surface area contributed by atoms with Crippen molar-refractivity contribution in [2.75, 3.05) is 19.8 Å². The molecule has 0 radical (unpaired) electrons. The fourth-order valence-corrected chi connectivity index (χ4v) is 1.82. The van der Waals surface area contributed by atoms with Crippen LogP contribution in [0.25, 0.3) is 0 Å². The molecule has 0 atom stereocenters. The molecular weight excluding hydrogens is 276 g/mol. The first kappa shape index (κ1) is 16.9. The van der Waals surface area contributed by atoms with E-state index in [1.165, 1.54) is 0 Å². The SMILES string of the molecule is CC(C)COCCNC(=O)c1cc(Cl)nc(C(C)C)c1. The van der Waals surface area contributed by atoms with E-state index in [9.17, 15) is 4.79 Å². The second-order valence-corrected chi connectivity index (χ2v) is 5.87. The topological polar surface area (TPSA) is 51.2 Å². The zero-order chi connectivity index (χ0) is 15.1. The molecule has 0 spiro atoms. The van der Waals surface area contributed by atoms with Crippen LogP contribution in [0.3, 0.4) is 0 Å². The van der Waals surface area contributed by atoms with Crippen LogP contribution in [0.5, 0.6) is 0 Å². The van der Waals surface area contributed by atoms with Gasteiger partial charge in [0.25, 0.3) is 5.91 Å². The summed E-state index contributed by atoms with van der Waals surface area (Å²) in [7, 11) is 0. The van der Waals surface area contributed by atoms with Gasteiger partial charge in [0.05, 0.1) is 6.61 Å². The number of hydrogen-bond donors (Lipinski definition) is 1. The highest BCUT2D eigenvalue weighted by atomic mass is 35.5. The Morgan fingerprint density at radius 1 is 1.35 bits per heavy atom. The molecule has 0 aliphatic heterocycles. The summed E-state index contributed by atoms with van der Waals surface area (Å²) >= 11 is 5.94. The summed E-state index contributed by atoms with van der Waals surface area (Å²) < 4.78 is 5.41. The predicted molar refractivity (Wildman–Crippen MR) is 81.3 cm³/mol. The van der Waals surface area contributed by atoms with Crippen molar-refractivity contribution in [2.24, 2.45) is 5.92 Å². The number of ether oxygens (including phenoxy) is 1. The molecule has 0 saturated carbocycles. The van der Waals surface area contributed by atoms with Crippen LogP contribution in [0.1, 0.15) is 49.7 Å². The third-order valence-corrected chi connectivity index (χ3v) is 2.84. The van der Waals surface area contributed by atoms with E-state index in [1.54, 1.807) is 12.1 Å². The van der Waals surface area contributed by atoms with Gasteiger partial charge in [0.15, 0.2) is 0 Å². The number of carbonyl (C=O) groups excluding carboxylic acids is 1. The van der Waals surface area contributed by atoms with Gasteiger partial charge >= 0.3 is 0 Å². The maximum atomic E-state index is 12.0. The number of pyridine rings is 1. The van der Waals surface area contributed by atoms with E-state index < -0.39 is 0 Å². The van der Waals surface area contributed by atoms with Crippen molar-refractivity contribution in [3.63, 3.8) is 0 Å². The van der Waals surface area contributed by atoms with E-state index >= 15 is 0 Å². The summed E-state index contributed by atoms with van der Waals surface area (Å²) in [6, 6.07) is 3.36. The lowest BCUT2D eigenvalue weighted by Gasteiger charge is -2.10. The number of carbonyl (C=O) groups is 1. The van der Waals surface area contributed by atoms with Crippen molar-refractivity contribution in [1.82, 2.24) is 10.3 Å². The van der Waals surface area contributed by atoms with E-state index in [0.29, 0.717) is 36.4 Å². The summed E-state index contributed by atoms with van der Waals surface area (Å²) in [6.45, 7) is 9.91. The molecule has 5 heteroatoms. The molecule has 0 aliphatic carbocycles. The smallest absolute Gasteiger partial charge is 0.251 e. The van der Waals surface area contributed by atoms with Crippen molar-refractivity contribution in [3.8, 4) is 0 Å². The third-order valence-electron chi connectivity index (χ3n) is 2.65. The molecule has 0 unspecified atom stereocenters. The second kappa shape index (κ2) is 8.22. The van der Waals surface area contributed by atoms with Gasteiger partial charge in [-0.1, -0.05) is 39.3 Å². The maximum Gasteiger partial charge on any atom is 0.251 e. The molecule has 1 rings (SSSR count). The zero-order valence-electron chi connectivity index (χ0n) is 12.6. The molecule has 1 aromatic heterocycles. The first-order valence-corrected chi connectivity index (χ1v) is 7.31. The molecule has 0 fully saturated rings. The number of amides is 1. The summed E-state index contributed by atoms with van der Waals surface area (Å²) in [5.41, 5.74) is 1.36. The number of halogens is 1. The van der Waals surface area contributed by atoms with Crippen molar-refractivity contribution in [3.05, 3.63) is 28.5 Å². The van der Waals surface area contributed by atoms with Crippen LogP contribution in [-0.2, 0) is 4.74 Å². The predicted octanol–water partition coefficient (Wildman–Crippen LogP) is 3.26. The van der Waals surface area contributed by atoms with Crippen molar-refractivity contribution < 1.29 is 9.53 Å². The van der Waals surface area contributed by atoms with E-state index in [0.717, 1.165) is 5.69 Å². The highest BCUT2D eigenvalue weighted by molar-refractivity contribution is 6.29. The van der Waals surface area contributed by atoms with E-state index in [1.807, 2.05) is 13.8 Å². The Morgan fingerprint density at radius 2 is 2.05 bits per heavy atom. The fourth-order valence-electron chi connectivity index (χ4n) is 1.60. The summed E-state index contributed by atoms with van der Waals surface area (Å²) in [5, 5.41) is 3.16. The van der Waals surface area contributed by atoms with Crippen LogP contribution < -0.4 is 5.32 Å². The summed E-state index contributed by atoms with van der Waals surface area (Å²) in [6.07, 6.45) is 0. The number of aromatic nitrogens is 1. The molecule has 1 amide bonds. The molecule has 0 bridgehead atoms. The van der Waals surface area contributed by atoms with Crippen molar-refractivity contribution >= 4 is 17.5 Å². The number of nitrogens with one attached hydrogen (secondary N) is 1. The standard InChI is InChI=1S/C15H23ClN2O2/c1-10(2)9-20-6-5-17-15(19)12-7-13(11(3)4)18-14(16)8-12/h7-8,10-11H,5-6,9H2,1-4H3,(H,17,19). The van der Waals surface area contributed by atoms with Gasteiger partial charge in [-0.05, 0) is 24.0 Å². The van der Waals surface area contributed by atoms with Crippen LogP contribution in [0.4, 0.5) is 0 Å². The quantitative estimate of drug-likeness (QED) is 0.621. The maximum absolute atomic E-state index is 12.0. The molecule has 112 valence electrons. The van der Waals surface area contributed by atoms with Gasteiger partial charge in [0.1, 0.15) is 5.15 Å². The Bertz CT molecular complexity index is 447. The highest BCUT2D eigenvalue weighted by Gasteiger charge is 2.10. The highest BCUT2D eigenvalue weighted by Crippen LogP contribution is 2.17. The van der Waals surface area contributed by atoms with Crippen molar-refractivity contribution in [2.45, 2.75) is 33.6 Å². The lowest BCUT2D eigenvalue weighted by molar-refractivity contribution is 0.0886. The van der Waals surface area contributed by atoms with Gasteiger partial charge in [-0.25, -0.2) is 4.98 Å². The molecule has 4 nitrogen and oxygen atoms in total. The van der Waals surface area contributed by atoms with E-state index in [2.05, 4.69) is 24.1 Å². The molecule has 0 aromatic carbocycles. The Hall–Kier alpha value is -1.13. The zero-order valence-corrected chi connectivity index (χ0v) is 13.3. The Morgan fingerprint density at radius 3 is 2.65 bits per heavy atom. The van der Waals surface area contributed by atoms with Crippen LogP contribution in [-0.4, -0.2) is 30.6 Å². The monoisotopic (exact) mass is 298 g/mol. The Kier molecular flexibility index (Phi) is 6.96. The Labute approximate surface area is 125 Å². The van der Waals surface area contributed by atoms with Crippen molar-refractivity contribution in [1.29, 1.82) is 0 Å². The molecular formula is C15H23ClN2O2. The van der Waals surface area contributed by atoms with Gasteiger partial charge < -0.3 is 10.1 Å². The molecule has 1 aromatic rings. The minimum absolute atomic E-state index is 0.149. The van der Waals surface area contributed by atoms with Gasteiger partial charge in [-0.2, -0.15) is 0 Å². The van der Waals surface area contributed by atoms with Crippen LogP contribution >= 0.6 is 11.6 Å². The van der Waals surface area contributed by atoms with Crippen LogP contribution in [0.15, 0.2) is 12.1 Å². The molecule has 20 heavy (non-hydrogen) atoms. The normalized spacial score (nSPS) is 11.2. The average molecular weight is 299 g/mol. The lowest BCUT2D eigenvalue weighted by atomic mass is 10.1. The van der Waals surface area contributed by atoms with Gasteiger partial charge in [-0.3, -0.25) is 4.79 Å². The third kappa shape index (κ3) is 5.88. The molecule has 1 heterocycles. The molecule has 0 aliphatic rings. The number of nitrogens with zero attached hydrogens (tertiary/aromatic N) is 1. The second-order valence-electron chi connectivity index (χ2n) is 5.48. The first-order chi connectivity index (χ1) is 9.40. The number of rotatable bonds is 7. The van der Waals surface area contributed by atoms with Gasteiger partial charge in [-0.15, -0.1) is 0 Å².